The minimum absolute atomic E-state index is 0.0580. The number of carboxylic acid groups (broad SMARTS) is 1. The number of quaternary nitrogens is 1. The van der Waals surface area contributed by atoms with Crippen molar-refractivity contribution in [1.29, 1.82) is 0 Å². The Kier molecular flexibility index (Phi) is 6.02. The molecule has 0 fully saturated rings. The molecule has 0 saturated carbocycles. The zero-order chi connectivity index (χ0) is 14.6. The number of likely N-dealkylation sites (N-methyl/N-ethyl adjacent to an activating group) is 1. The fourth-order valence-corrected chi connectivity index (χ4v) is 2.40. The van der Waals surface area contributed by atoms with Gasteiger partial charge in [-0.15, -0.1) is 0 Å². The number of carboxylic acids is 1. The summed E-state index contributed by atoms with van der Waals surface area (Å²) >= 11 is 0. The van der Waals surface area contributed by atoms with Gasteiger partial charge in [-0.3, -0.25) is 4.57 Å². The molecule has 0 aliphatic carbocycles. The lowest BCUT2D eigenvalue weighted by molar-refractivity contribution is -0.889. The van der Waals surface area contributed by atoms with Crippen molar-refractivity contribution in [2.75, 3.05) is 33.9 Å². The van der Waals surface area contributed by atoms with Gasteiger partial charge < -0.3 is 28.9 Å². The molecule has 2 atom stereocenters. The van der Waals surface area contributed by atoms with Gasteiger partial charge in [0.25, 0.3) is 0 Å². The average molecular weight is 281 g/mol. The van der Waals surface area contributed by atoms with Gasteiger partial charge in [0.15, 0.2) is 0 Å². The number of hydrogen-bond donors (Lipinski definition) is 2. The third-order valence-corrected chi connectivity index (χ3v) is 3.68. The van der Waals surface area contributed by atoms with Crippen LogP contribution in [0.4, 0.5) is 0 Å². The van der Waals surface area contributed by atoms with Crippen LogP contribution < -0.4 is 5.11 Å². The molecule has 0 aromatic rings. The van der Waals surface area contributed by atoms with Crippen LogP contribution in [0, 0.1) is 0 Å². The van der Waals surface area contributed by atoms with Crippen molar-refractivity contribution in [1.82, 2.24) is 0 Å². The first-order chi connectivity index (χ1) is 7.96. The lowest BCUT2D eigenvalue weighted by Gasteiger charge is -2.34. The van der Waals surface area contributed by atoms with Crippen molar-refractivity contribution in [2.24, 2.45) is 0 Å². The van der Waals surface area contributed by atoms with E-state index in [1.54, 1.807) is 21.1 Å². The van der Waals surface area contributed by atoms with E-state index in [1.807, 2.05) is 0 Å². The maximum atomic E-state index is 11.5. The van der Waals surface area contributed by atoms with E-state index in [2.05, 4.69) is 11.1 Å². The zero-order valence-corrected chi connectivity index (χ0v) is 11.7. The van der Waals surface area contributed by atoms with Gasteiger partial charge >= 0.3 is 7.60 Å². The monoisotopic (exact) mass is 281 g/mol. The van der Waals surface area contributed by atoms with Crippen LogP contribution in [0.25, 0.3) is 0 Å². The zero-order valence-electron chi connectivity index (χ0n) is 10.8. The Morgan fingerprint density at radius 2 is 2.00 bits per heavy atom. The molecule has 0 saturated heterocycles. The van der Waals surface area contributed by atoms with E-state index in [-0.39, 0.29) is 22.8 Å². The summed E-state index contributed by atoms with van der Waals surface area (Å²) in [6.07, 6.45) is -0.383. The SMILES string of the molecule is C=C(O)COP(=O)(O)CCC(C(=O)[O-])[N+](C)(C)C. The molecular formula is C10H20NO6P. The van der Waals surface area contributed by atoms with Crippen molar-refractivity contribution in [2.45, 2.75) is 12.5 Å². The van der Waals surface area contributed by atoms with Crippen LogP contribution in [0.1, 0.15) is 6.42 Å². The summed E-state index contributed by atoms with van der Waals surface area (Å²) in [6.45, 7) is 2.66. The lowest BCUT2D eigenvalue weighted by Crippen LogP contribution is -2.55. The van der Waals surface area contributed by atoms with Crippen LogP contribution >= 0.6 is 7.60 Å². The number of carbonyl (C=O) groups is 1. The van der Waals surface area contributed by atoms with E-state index in [1.165, 1.54) is 0 Å². The van der Waals surface area contributed by atoms with E-state index in [9.17, 15) is 19.4 Å². The summed E-state index contributed by atoms with van der Waals surface area (Å²) < 4.78 is 16.2. The first-order valence-electron chi connectivity index (χ1n) is 5.31. The molecule has 7 nitrogen and oxygen atoms in total. The minimum Gasteiger partial charge on any atom is -0.544 e. The number of nitrogens with zero attached hydrogens (tertiary/aromatic N) is 1. The van der Waals surface area contributed by atoms with Gasteiger partial charge in [-0.05, 0) is 0 Å². The largest absolute Gasteiger partial charge is 0.544 e. The van der Waals surface area contributed by atoms with Gasteiger partial charge in [0.1, 0.15) is 18.4 Å². The highest BCUT2D eigenvalue weighted by molar-refractivity contribution is 7.52. The third-order valence-electron chi connectivity index (χ3n) is 2.33. The molecule has 18 heavy (non-hydrogen) atoms. The van der Waals surface area contributed by atoms with Crippen molar-refractivity contribution in [3.8, 4) is 0 Å². The van der Waals surface area contributed by atoms with Gasteiger partial charge in [-0.2, -0.15) is 0 Å². The first kappa shape index (κ1) is 17.1. The number of hydrogen-bond acceptors (Lipinski definition) is 5. The van der Waals surface area contributed by atoms with E-state index in [4.69, 9.17) is 5.11 Å². The Morgan fingerprint density at radius 1 is 1.50 bits per heavy atom. The minimum atomic E-state index is -3.93. The molecule has 0 amide bonds. The molecule has 0 aliphatic rings. The molecular weight excluding hydrogens is 261 g/mol. The second kappa shape index (κ2) is 6.33. The van der Waals surface area contributed by atoms with E-state index < -0.39 is 26.2 Å². The van der Waals surface area contributed by atoms with Gasteiger partial charge in [-0.25, -0.2) is 0 Å². The van der Waals surface area contributed by atoms with E-state index in [0.717, 1.165) is 0 Å². The van der Waals surface area contributed by atoms with Crippen molar-refractivity contribution >= 4 is 13.6 Å². The number of aliphatic carboxylic acids is 1. The van der Waals surface area contributed by atoms with Gasteiger partial charge in [0, 0.05) is 6.42 Å². The highest BCUT2D eigenvalue weighted by atomic mass is 31.2. The normalized spacial score (nSPS) is 16.9. The molecule has 0 rings (SSSR count). The summed E-state index contributed by atoms with van der Waals surface area (Å²) in [6, 6.07) is -0.911. The van der Waals surface area contributed by atoms with Crippen LogP contribution in [0.2, 0.25) is 0 Å². The van der Waals surface area contributed by atoms with Gasteiger partial charge in [0.2, 0.25) is 0 Å². The van der Waals surface area contributed by atoms with E-state index >= 15 is 0 Å². The molecule has 0 aliphatic heterocycles. The molecule has 0 radical (unpaired) electrons. The quantitative estimate of drug-likeness (QED) is 0.352. The predicted molar refractivity (Wildman–Crippen MR) is 63.9 cm³/mol. The van der Waals surface area contributed by atoms with Gasteiger partial charge in [-0.1, -0.05) is 6.58 Å². The van der Waals surface area contributed by atoms with Gasteiger partial charge in [0.05, 0.1) is 33.3 Å². The summed E-state index contributed by atoms with van der Waals surface area (Å²) in [4.78, 5) is 20.4. The topological polar surface area (TPSA) is 107 Å². The maximum absolute atomic E-state index is 11.5. The lowest BCUT2D eigenvalue weighted by atomic mass is 10.2. The molecule has 2 unspecified atom stereocenters. The average Bonchev–Trinajstić information content (AvgIpc) is 2.12. The van der Waals surface area contributed by atoms with Crippen molar-refractivity contribution in [3.05, 3.63) is 12.3 Å². The maximum Gasteiger partial charge on any atom is 0.328 e. The third kappa shape index (κ3) is 6.76. The molecule has 0 heterocycles. The predicted octanol–water partition coefficient (Wildman–Crippen LogP) is -0.525. The Hall–Kier alpha value is -0.880. The second-order valence-electron chi connectivity index (χ2n) is 4.94. The number of rotatable bonds is 8. The van der Waals surface area contributed by atoms with Crippen molar-refractivity contribution in [3.63, 3.8) is 0 Å². The Morgan fingerprint density at radius 3 is 2.33 bits per heavy atom. The molecule has 0 bridgehead atoms. The number of aliphatic hydroxyl groups is 1. The fourth-order valence-electron chi connectivity index (χ4n) is 1.35. The molecule has 2 N–H and O–H groups in total. The van der Waals surface area contributed by atoms with Crippen LogP contribution in [-0.2, 0) is 13.9 Å². The Labute approximate surface area is 106 Å². The molecule has 0 aromatic heterocycles. The molecule has 0 aromatic carbocycles. The van der Waals surface area contributed by atoms with Crippen LogP contribution in [-0.4, -0.2) is 60.4 Å². The van der Waals surface area contributed by atoms with Crippen molar-refractivity contribution < 1.29 is 33.5 Å². The van der Waals surface area contributed by atoms with Crippen LogP contribution in [0.15, 0.2) is 12.3 Å². The summed E-state index contributed by atoms with van der Waals surface area (Å²) in [5.74, 6) is -1.65. The van der Waals surface area contributed by atoms with Crippen LogP contribution in [0.5, 0.6) is 0 Å². The summed E-state index contributed by atoms with van der Waals surface area (Å²) in [5.41, 5.74) is 0. The van der Waals surface area contributed by atoms with E-state index in [0.29, 0.717) is 0 Å². The summed E-state index contributed by atoms with van der Waals surface area (Å²) in [5, 5.41) is 19.7. The fraction of sp³-hybridized carbons (Fsp3) is 0.700. The highest BCUT2D eigenvalue weighted by Crippen LogP contribution is 2.43. The number of aliphatic hydroxyl groups excluding tert-OH is 1. The molecule has 106 valence electrons. The smallest absolute Gasteiger partial charge is 0.328 e. The summed E-state index contributed by atoms with van der Waals surface area (Å²) in [7, 11) is 1.02. The Bertz CT molecular complexity index is 362. The number of carbonyl (C=O) groups excluding carboxylic acids is 1. The molecule has 0 spiro atoms. The Balaban J connectivity index is 4.48. The highest BCUT2D eigenvalue weighted by Gasteiger charge is 2.29. The standard InChI is InChI=1S/C10H20NO6P/c1-8(12)7-17-18(15,16)6-5-9(10(13)14)11(2,3)4/h9H,1,5-7H2,2-4H3,(H2-,12,13,14,15,16). The van der Waals surface area contributed by atoms with Crippen LogP contribution in [0.3, 0.4) is 0 Å². The molecule has 8 heteroatoms. The second-order valence-corrected chi connectivity index (χ2v) is 6.92. The first-order valence-corrected chi connectivity index (χ1v) is 7.07.